The molecule has 2 amide bonds. The van der Waals surface area contributed by atoms with Gasteiger partial charge in [0.1, 0.15) is 40.5 Å². The van der Waals surface area contributed by atoms with E-state index in [1.165, 1.54) is 0 Å². The van der Waals surface area contributed by atoms with Gasteiger partial charge in [-0.3, -0.25) is 9.59 Å². The smallest absolute Gasteiger partial charge is 0.744 e. The van der Waals surface area contributed by atoms with Crippen LogP contribution < -0.4 is 32.3 Å². The van der Waals surface area contributed by atoms with Crippen molar-refractivity contribution in [2.75, 3.05) is 22.1 Å². The Morgan fingerprint density at radius 2 is 0.481 bits per heavy atom. The molecule has 0 aliphatic carbocycles. The Kier molecular flexibility index (Phi) is 116. The van der Waals surface area contributed by atoms with Gasteiger partial charge in [0.2, 0.25) is 0 Å². The molecule has 4 rings (SSSR count). The average molecular weight is 1490 g/mol. The molecule has 0 aliphatic heterocycles. The zero-order valence-electron chi connectivity index (χ0n) is 39.2. The maximum Gasteiger partial charge on any atom is 2.00 e. The first-order valence-electron chi connectivity index (χ1n) is 13.5. The van der Waals surface area contributed by atoms with E-state index in [0.717, 1.165) is 48.5 Å². The third-order valence-electron chi connectivity index (χ3n) is 6.34. The second-order valence-corrected chi connectivity index (χ2v) is 15.9. The molecule has 0 heterocycles. The number of nitrogens with two attached hydrogens (primary N) is 2. The first-order valence-corrected chi connectivity index (χ1v) is 19.2. The molecular formula is C28H62N4O40S4Sr3. The second kappa shape index (κ2) is 60.2. The van der Waals surface area contributed by atoms with Crippen molar-refractivity contribution in [3.63, 3.8) is 0 Å². The molecule has 4 aromatic carbocycles. The largest absolute Gasteiger partial charge is 2.00 e. The molecule has 0 radical (unpaired) electrons. The van der Waals surface area contributed by atoms with Gasteiger partial charge in [0, 0.05) is 45.0 Å². The fourth-order valence-corrected chi connectivity index (χ4v) is 6.26. The molecule has 0 aromatic heterocycles. The number of aromatic carboxylic acids is 2. The zero-order chi connectivity index (χ0) is 41.1. The van der Waals surface area contributed by atoms with Crippen molar-refractivity contribution in [3.8, 4) is 0 Å². The average Bonchev–Trinajstić information content (AvgIpc) is 3.02. The van der Waals surface area contributed by atoms with Gasteiger partial charge in [-0.05, 0) is 72.8 Å². The van der Waals surface area contributed by atoms with E-state index in [4.69, 9.17) is 11.5 Å². The molecule has 0 aliphatic rings. The van der Waals surface area contributed by atoms with Crippen LogP contribution >= 0.6 is 0 Å². The summed E-state index contributed by atoms with van der Waals surface area (Å²) in [6.45, 7) is 0. The SMILES string of the molecule is Nc1cc(C(=O)Nc2cc(C(=O)[O-])cc(S(=O)(=O)[O-])c2)cc(S(=O)(=O)[O-])c1.Nc1cc(C(=O)Nc2cc(C(=O)[O-])cc(S(=O)(=O)[O-])c2)cc(S(=O)(=O)[O-])c1.O.O.O.O.O.O.O.O.O.O.O.O.O.O.O.O.O.O.O.O.O.O.[Sr+2].[Sr+2].[Sr+2]. The van der Waals surface area contributed by atoms with E-state index >= 15 is 0 Å². The summed E-state index contributed by atoms with van der Waals surface area (Å²) in [6.07, 6.45) is 0. The number of hydrogen-bond donors (Lipinski definition) is 4. The summed E-state index contributed by atoms with van der Waals surface area (Å²) < 4.78 is 133. The molecule has 464 valence electrons. The van der Waals surface area contributed by atoms with Gasteiger partial charge in [-0.15, -0.1) is 0 Å². The minimum Gasteiger partial charge on any atom is -0.744 e. The van der Waals surface area contributed by atoms with Crippen molar-refractivity contribution in [3.05, 3.63) is 95.1 Å². The Balaban J connectivity index is -0.0000000287. The number of hydrogen-bond acceptors (Lipinski definition) is 20. The van der Waals surface area contributed by atoms with Gasteiger partial charge in [-0.25, -0.2) is 33.7 Å². The van der Waals surface area contributed by atoms with Crippen LogP contribution in [-0.4, -0.2) is 333 Å². The summed E-state index contributed by atoms with van der Waals surface area (Å²) in [7, 11) is -19.9. The molecule has 0 saturated carbocycles. The molecule has 0 bridgehead atoms. The topological polar surface area (TPSA) is 1110 Å². The normalized spacial score (nSPS) is 8.05. The zero-order valence-corrected chi connectivity index (χ0v) is 52.9. The standard InChI is InChI=1S/2C14H12N2O9S2.22H2O.3Sr/c2*15-9-1-7(3-11(5-9)26(20,21)22)13(17)16-10-2-8(14(18)19)4-12(6-10)27(23,24)25;;;;;;;;;;;;;;;;;;;;;;;;;/h2*1-6H,15H2,(H,16,17)(H,18,19)(H,20,21,22)(H,23,24,25);22*1H2;;;/q;;;;;;;;;;;;;;;;;;;;;;;;3*+2/p-6. The van der Waals surface area contributed by atoms with Crippen molar-refractivity contribution < 1.29 is 202 Å². The second-order valence-electron chi connectivity index (χ2n) is 10.4. The molecule has 0 unspecified atom stereocenters. The van der Waals surface area contributed by atoms with Gasteiger partial charge >= 0.3 is 136 Å². The molecule has 0 saturated heterocycles. The predicted octanol–water partition coefficient (Wildman–Crippen LogP) is -21.9. The minimum atomic E-state index is -5.05. The van der Waals surface area contributed by atoms with Gasteiger partial charge < -0.3 is 181 Å². The number of anilines is 4. The number of carbonyl (C=O) groups is 4. The number of nitrogen functional groups attached to an aromatic ring is 2. The molecule has 79 heavy (non-hydrogen) atoms. The Hall–Kier alpha value is -2.44. The first-order chi connectivity index (χ1) is 24.5. The van der Waals surface area contributed by atoms with Crippen LogP contribution in [0.1, 0.15) is 41.4 Å². The molecule has 4 aromatic rings. The van der Waals surface area contributed by atoms with E-state index in [2.05, 4.69) is 10.6 Å². The van der Waals surface area contributed by atoms with Crippen molar-refractivity contribution in [2.24, 2.45) is 0 Å². The molecule has 0 fully saturated rings. The van der Waals surface area contributed by atoms with E-state index in [1.54, 1.807) is 0 Å². The van der Waals surface area contributed by atoms with Gasteiger partial charge in [0.25, 0.3) is 11.8 Å². The van der Waals surface area contributed by atoms with Crippen LogP contribution in [0.15, 0.2) is 92.4 Å². The van der Waals surface area contributed by atoms with Crippen LogP contribution in [0.5, 0.6) is 0 Å². The molecule has 50 N–H and O–H groups in total. The summed E-state index contributed by atoms with van der Waals surface area (Å²) in [4.78, 5) is 42.9. The van der Waals surface area contributed by atoms with Crippen LogP contribution in [0.25, 0.3) is 0 Å². The predicted molar refractivity (Wildman–Crippen MR) is 268 cm³/mol. The third-order valence-corrected chi connectivity index (χ3v) is 9.59. The third kappa shape index (κ3) is 46.7. The number of carboxylic acids is 2. The first kappa shape index (κ1) is 152. The number of nitrogens with one attached hydrogen (secondary N) is 2. The monoisotopic (exact) mass is 1490 g/mol. The van der Waals surface area contributed by atoms with Crippen LogP contribution in [0, 0.1) is 0 Å². The van der Waals surface area contributed by atoms with Gasteiger partial charge in [0.05, 0.1) is 31.5 Å². The fourth-order valence-electron chi connectivity index (χ4n) is 4.07. The van der Waals surface area contributed by atoms with Crippen molar-refractivity contribution in [1.82, 2.24) is 0 Å². The Labute approximate surface area is 554 Å². The van der Waals surface area contributed by atoms with Crippen LogP contribution in [0.2, 0.25) is 0 Å². The molecule has 51 heteroatoms. The van der Waals surface area contributed by atoms with Gasteiger partial charge in [-0.2, -0.15) is 0 Å². The molecule has 44 nitrogen and oxygen atoms in total. The summed E-state index contributed by atoms with van der Waals surface area (Å²) in [5.41, 5.74) is 7.50. The number of benzene rings is 4. The van der Waals surface area contributed by atoms with E-state index < -0.39 is 106 Å². The summed E-state index contributed by atoms with van der Waals surface area (Å²) >= 11 is 0. The van der Waals surface area contributed by atoms with Crippen molar-refractivity contribution in [2.45, 2.75) is 19.6 Å². The number of carbonyl (C=O) groups excluding carboxylic acids is 4. The maximum absolute atomic E-state index is 12.2. The van der Waals surface area contributed by atoms with Gasteiger partial charge in [0.15, 0.2) is 0 Å². The van der Waals surface area contributed by atoms with Crippen molar-refractivity contribution in [1.29, 1.82) is 0 Å². The van der Waals surface area contributed by atoms with Crippen LogP contribution in [0.3, 0.4) is 0 Å². The van der Waals surface area contributed by atoms with E-state index in [0.29, 0.717) is 24.3 Å². The Morgan fingerprint density at radius 3 is 0.658 bits per heavy atom. The Morgan fingerprint density at radius 1 is 0.304 bits per heavy atom. The quantitative estimate of drug-likeness (QED) is 0.0651. The molecule has 0 spiro atoms. The van der Waals surface area contributed by atoms with E-state index in [-0.39, 0.29) is 279 Å². The summed E-state index contributed by atoms with van der Waals surface area (Å²) in [5, 5.41) is 26.1. The fraction of sp³-hybridized carbons (Fsp3) is 0. The molecular weight excluding hydrogens is 1420 g/mol. The maximum atomic E-state index is 12.2. The van der Waals surface area contributed by atoms with E-state index in [1.807, 2.05) is 0 Å². The van der Waals surface area contributed by atoms with Crippen LogP contribution in [-0.2, 0) is 40.5 Å². The number of rotatable bonds is 10. The van der Waals surface area contributed by atoms with E-state index in [9.17, 15) is 81.3 Å². The number of carboxylic acid groups (broad SMARTS) is 2. The summed E-state index contributed by atoms with van der Waals surface area (Å²) in [6, 6.07) is 9.30. The van der Waals surface area contributed by atoms with Gasteiger partial charge in [-0.1, -0.05) is 0 Å². The number of amides is 2. The van der Waals surface area contributed by atoms with Crippen LogP contribution in [0.4, 0.5) is 22.7 Å². The van der Waals surface area contributed by atoms with Crippen molar-refractivity contribution >= 4 is 223 Å². The minimum absolute atomic E-state index is 0. The molecule has 0 atom stereocenters. The summed E-state index contributed by atoms with van der Waals surface area (Å²) in [5.74, 6) is -5.70. The Bertz CT molecular complexity index is 2540.